The number of benzene rings is 1. The molecule has 0 unspecified atom stereocenters. The zero-order valence-electron chi connectivity index (χ0n) is 6.89. The van der Waals surface area contributed by atoms with Crippen molar-refractivity contribution < 1.29 is 0 Å². The molecule has 0 nitrogen and oxygen atoms in total. The first kappa shape index (κ1) is 8.06. The highest BCUT2D eigenvalue weighted by Crippen LogP contribution is 2.24. The molecule has 0 N–H and O–H groups in total. The summed E-state index contributed by atoms with van der Waals surface area (Å²) in [6, 6.07) is 8.63. The molecular weight excluding hydrogens is 212 g/mol. The molecule has 1 aliphatic rings. The summed E-state index contributed by atoms with van der Waals surface area (Å²) in [5, 5.41) is 1.02. The highest BCUT2D eigenvalue weighted by molar-refractivity contribution is 9.09. The largest absolute Gasteiger partial charge is 0.0880 e. The van der Waals surface area contributed by atoms with Crippen LogP contribution in [0.4, 0.5) is 0 Å². The fourth-order valence-electron chi connectivity index (χ4n) is 1.60. The van der Waals surface area contributed by atoms with Crippen LogP contribution in [0.25, 0.3) is 6.08 Å². The van der Waals surface area contributed by atoms with Gasteiger partial charge >= 0.3 is 0 Å². The number of halogens is 1. The van der Waals surface area contributed by atoms with Gasteiger partial charge in [0.25, 0.3) is 0 Å². The Morgan fingerprint density at radius 2 is 2.00 bits per heavy atom. The van der Waals surface area contributed by atoms with Gasteiger partial charge in [0.1, 0.15) is 0 Å². The molecule has 1 aromatic rings. The molecule has 1 heteroatoms. The van der Waals surface area contributed by atoms with Crippen LogP contribution >= 0.6 is 15.9 Å². The van der Waals surface area contributed by atoms with Crippen molar-refractivity contribution in [2.24, 2.45) is 0 Å². The average molecular weight is 223 g/mol. The predicted octanol–water partition coefficient (Wildman–Crippen LogP) is 3.41. The quantitative estimate of drug-likeness (QED) is 0.640. The second-order valence-electron chi connectivity index (χ2n) is 3.14. The van der Waals surface area contributed by atoms with Crippen LogP contribution in [0.2, 0.25) is 0 Å². The minimum absolute atomic E-state index is 1.02. The lowest BCUT2D eigenvalue weighted by Gasteiger charge is -2.14. The van der Waals surface area contributed by atoms with Crippen molar-refractivity contribution in [3.8, 4) is 0 Å². The Balaban J connectivity index is 2.41. The van der Waals surface area contributed by atoms with Crippen molar-refractivity contribution in [2.45, 2.75) is 12.8 Å². The molecule has 0 saturated carbocycles. The number of alkyl halides is 1. The maximum Gasteiger partial charge on any atom is 0.0245 e. The summed E-state index contributed by atoms with van der Waals surface area (Å²) in [5.74, 6) is 0. The fourth-order valence-corrected chi connectivity index (χ4v) is 2.04. The van der Waals surface area contributed by atoms with Gasteiger partial charge in [-0.15, -0.1) is 0 Å². The summed E-state index contributed by atoms with van der Waals surface area (Å²) < 4.78 is 0. The van der Waals surface area contributed by atoms with Crippen molar-refractivity contribution in [1.29, 1.82) is 0 Å². The molecule has 0 fully saturated rings. The first-order chi connectivity index (χ1) is 5.90. The molecule has 1 aliphatic carbocycles. The molecule has 62 valence electrons. The molecule has 12 heavy (non-hydrogen) atoms. The Labute approximate surface area is 81.4 Å². The van der Waals surface area contributed by atoms with Crippen LogP contribution in [0.3, 0.4) is 0 Å². The van der Waals surface area contributed by atoms with Crippen molar-refractivity contribution in [3.05, 3.63) is 41.0 Å². The lowest BCUT2D eigenvalue weighted by molar-refractivity contribution is 0.933. The smallest absolute Gasteiger partial charge is 0.0245 e. The van der Waals surface area contributed by atoms with Crippen LogP contribution < -0.4 is 0 Å². The van der Waals surface area contributed by atoms with Gasteiger partial charge in [-0.1, -0.05) is 51.8 Å². The van der Waals surface area contributed by atoms with Crippen LogP contribution in [0.1, 0.15) is 17.5 Å². The lowest BCUT2D eigenvalue weighted by atomic mass is 9.93. The molecule has 0 aliphatic heterocycles. The SMILES string of the molecule is BrCC1=Cc2ccccc2CC1. The molecule has 0 radical (unpaired) electrons. The summed E-state index contributed by atoms with van der Waals surface area (Å²) in [6.07, 6.45) is 4.71. The van der Waals surface area contributed by atoms with E-state index in [9.17, 15) is 0 Å². The van der Waals surface area contributed by atoms with E-state index in [0.29, 0.717) is 0 Å². The molecule has 0 heterocycles. The van der Waals surface area contributed by atoms with Gasteiger partial charge in [-0.05, 0) is 24.0 Å². The Bertz CT molecular complexity index is 313. The third-order valence-electron chi connectivity index (χ3n) is 2.30. The zero-order valence-corrected chi connectivity index (χ0v) is 8.47. The molecule has 0 spiro atoms. The van der Waals surface area contributed by atoms with Crippen molar-refractivity contribution in [2.75, 3.05) is 5.33 Å². The van der Waals surface area contributed by atoms with E-state index in [4.69, 9.17) is 0 Å². The van der Waals surface area contributed by atoms with Gasteiger partial charge in [0, 0.05) is 5.33 Å². The van der Waals surface area contributed by atoms with E-state index in [2.05, 4.69) is 46.3 Å². The van der Waals surface area contributed by atoms with Crippen LogP contribution in [-0.4, -0.2) is 5.33 Å². The Morgan fingerprint density at radius 3 is 2.83 bits per heavy atom. The second-order valence-corrected chi connectivity index (χ2v) is 3.70. The lowest BCUT2D eigenvalue weighted by Crippen LogP contribution is -1.99. The average Bonchev–Trinajstić information content (AvgIpc) is 2.17. The molecule has 1 aromatic carbocycles. The normalized spacial score (nSPS) is 15.2. The van der Waals surface area contributed by atoms with E-state index in [1.807, 2.05) is 0 Å². The monoisotopic (exact) mass is 222 g/mol. The maximum absolute atomic E-state index is 3.49. The topological polar surface area (TPSA) is 0 Å². The van der Waals surface area contributed by atoms with Gasteiger partial charge in [-0.25, -0.2) is 0 Å². The van der Waals surface area contributed by atoms with Crippen LogP contribution in [0.15, 0.2) is 29.8 Å². The highest BCUT2D eigenvalue weighted by atomic mass is 79.9. The Kier molecular flexibility index (Phi) is 2.31. The molecule has 0 saturated heterocycles. The summed E-state index contributed by atoms with van der Waals surface area (Å²) in [5.41, 5.74) is 4.40. The number of hydrogen-bond acceptors (Lipinski definition) is 0. The number of fused-ring (bicyclic) bond motifs is 1. The number of allylic oxidation sites excluding steroid dienone is 1. The molecule has 0 amide bonds. The van der Waals surface area contributed by atoms with Crippen LogP contribution in [-0.2, 0) is 6.42 Å². The summed E-state index contributed by atoms with van der Waals surface area (Å²) >= 11 is 3.49. The van der Waals surface area contributed by atoms with Gasteiger partial charge in [-0.3, -0.25) is 0 Å². The predicted molar refractivity (Wildman–Crippen MR) is 56.5 cm³/mol. The van der Waals surface area contributed by atoms with E-state index >= 15 is 0 Å². The standard InChI is InChI=1S/C11H11Br/c12-8-9-5-6-10-3-1-2-4-11(10)7-9/h1-4,7H,5-6,8H2. The summed E-state index contributed by atoms with van der Waals surface area (Å²) in [7, 11) is 0. The van der Waals surface area contributed by atoms with Crippen molar-refractivity contribution in [1.82, 2.24) is 0 Å². The number of hydrogen-bond donors (Lipinski definition) is 0. The van der Waals surface area contributed by atoms with E-state index in [-0.39, 0.29) is 0 Å². The van der Waals surface area contributed by atoms with E-state index in [1.165, 1.54) is 29.5 Å². The van der Waals surface area contributed by atoms with E-state index in [1.54, 1.807) is 0 Å². The van der Waals surface area contributed by atoms with Crippen LogP contribution in [0.5, 0.6) is 0 Å². The van der Waals surface area contributed by atoms with E-state index < -0.39 is 0 Å². The molecule has 0 bridgehead atoms. The van der Waals surface area contributed by atoms with Crippen molar-refractivity contribution >= 4 is 22.0 Å². The molecular formula is C11H11Br. The van der Waals surface area contributed by atoms with Gasteiger partial charge < -0.3 is 0 Å². The highest BCUT2D eigenvalue weighted by Gasteiger charge is 2.07. The summed E-state index contributed by atoms with van der Waals surface area (Å²) in [6.45, 7) is 0. The van der Waals surface area contributed by atoms with E-state index in [0.717, 1.165) is 5.33 Å². The first-order valence-electron chi connectivity index (χ1n) is 4.23. The fraction of sp³-hybridized carbons (Fsp3) is 0.273. The Morgan fingerprint density at radius 1 is 1.17 bits per heavy atom. The number of aryl methyl sites for hydroxylation is 1. The Hall–Kier alpha value is -0.560. The summed E-state index contributed by atoms with van der Waals surface area (Å²) in [4.78, 5) is 0. The molecule has 0 aromatic heterocycles. The second kappa shape index (κ2) is 3.44. The van der Waals surface area contributed by atoms with Crippen LogP contribution in [0, 0.1) is 0 Å². The maximum atomic E-state index is 3.49. The van der Waals surface area contributed by atoms with Gasteiger partial charge in [0.2, 0.25) is 0 Å². The number of rotatable bonds is 1. The third-order valence-corrected chi connectivity index (χ3v) is 3.02. The van der Waals surface area contributed by atoms with Gasteiger partial charge in [-0.2, -0.15) is 0 Å². The van der Waals surface area contributed by atoms with Crippen molar-refractivity contribution in [3.63, 3.8) is 0 Å². The minimum Gasteiger partial charge on any atom is -0.0880 e. The van der Waals surface area contributed by atoms with Gasteiger partial charge in [0.05, 0.1) is 0 Å². The minimum atomic E-state index is 1.02. The molecule has 2 rings (SSSR count). The molecule has 0 atom stereocenters. The van der Waals surface area contributed by atoms with Gasteiger partial charge in [0.15, 0.2) is 0 Å². The first-order valence-corrected chi connectivity index (χ1v) is 5.35. The third kappa shape index (κ3) is 1.46. The zero-order chi connectivity index (χ0) is 8.39.